The van der Waals surface area contributed by atoms with E-state index in [-0.39, 0.29) is 147 Å². The number of ether oxygens (including phenoxy) is 12. The first-order valence-electron chi connectivity index (χ1n) is 37.2. The molecule has 0 radical (unpaired) electrons. The van der Waals surface area contributed by atoms with Crippen LogP contribution in [0, 0.1) is 19.7 Å². The van der Waals surface area contributed by atoms with Gasteiger partial charge in [0.15, 0.2) is 57.6 Å². The predicted molar refractivity (Wildman–Crippen MR) is 423 cm³/mol. The quantitative estimate of drug-likeness (QED) is 0.0200. The maximum absolute atomic E-state index is 13.3. The van der Waals surface area contributed by atoms with Gasteiger partial charge >= 0.3 is 11.4 Å². The third-order valence-corrected chi connectivity index (χ3v) is 17.2. The molecule has 3 aliphatic heterocycles. The third kappa shape index (κ3) is 29.1. The average Bonchev–Trinajstić information content (AvgIpc) is 1.70. The second kappa shape index (κ2) is 45.9. The number of aromatic nitrogens is 19. The number of aryl methyl sites for hydroxylation is 2. The number of imidazole rings is 3. The summed E-state index contributed by atoms with van der Waals surface area (Å²) in [5.41, 5.74) is 21.1. The fraction of sp³-hybridized carbons (Fsp3) is 0.614. The van der Waals surface area contributed by atoms with Crippen LogP contribution in [-0.2, 0) is 77.0 Å². The number of nitrogens with one attached hydrogen (secondary N) is 4. The average molecular weight is 1670 g/mol. The molecular weight excluding hydrogens is 1570 g/mol. The van der Waals surface area contributed by atoms with Crippen LogP contribution in [0.5, 0.6) is 0 Å². The molecule has 16 N–H and O–H groups in total. The van der Waals surface area contributed by atoms with E-state index in [1.165, 1.54) is 52.5 Å². The van der Waals surface area contributed by atoms with Crippen molar-refractivity contribution < 1.29 is 81.7 Å². The normalized spacial score (nSPS) is 18.9. The van der Waals surface area contributed by atoms with Gasteiger partial charge in [0.25, 0.3) is 22.2 Å². The van der Waals surface area contributed by atoms with Gasteiger partial charge in [0.2, 0.25) is 17.8 Å². The minimum absolute atomic E-state index is 0.0103. The molecule has 4 unspecified atom stereocenters. The summed E-state index contributed by atoms with van der Waals surface area (Å²) in [5.74, 6) is 0.0790. The second-order valence-corrected chi connectivity index (χ2v) is 29.0. The molecule has 47 heteroatoms. The van der Waals surface area contributed by atoms with Crippen LogP contribution in [0.3, 0.4) is 0 Å². The highest BCUT2D eigenvalue weighted by molar-refractivity contribution is 8.00. The lowest BCUT2D eigenvalue weighted by Crippen LogP contribution is -2.34. The number of nitrogen functional groups attached to an aromatic ring is 4. The molecule has 12 heterocycles. The standard InChI is InChI=1S/C13H18N2O4.2C12H19N5O4.C11H16FN3O3S.C11H17N5O3.C11H19N3O4/c1-8(2)18-7-10-4-5-11(19-10)15-6-9(3)12(16)14-13(15)17;2*1-7(2)20-4-8(3-18)21-6-17-5-14-9-10(17)15-12(13)16-11(9)19;1-6(2)17-4-9-18-8(5-19-9)15-3-7(12)10(13)14-11(15)16;1-7(2)19-4-3-18-6-16-5-13-8-9(16)14-11(12)15-10(8)17;1-6(2)17-4-8-9(15)10(16)11(18-8)14-5-12-7(3)13-14/h4-6,8,10-11H,7H2,1-3H3,(H,14,16,17);2*5,7-8,18H,3-4,6H2,1-2H3,(H3,13,15,16,19);3,6,8-9H,4-5H2,1-2H3,(H2,13,14,16);5,7H,3-4,6H2,1-2H3,(H3,12,14,15,17);5-6,8-11,15-16H,4H2,1-3H3/t10-,11?;;;8?,9-;;8-,9-,10-,11-/m0..1.1/s1. The van der Waals surface area contributed by atoms with Crippen LogP contribution >= 0.6 is 11.8 Å². The third-order valence-electron chi connectivity index (χ3n) is 16.1. The molecule has 9 aromatic heterocycles. The van der Waals surface area contributed by atoms with Crippen LogP contribution in [0.1, 0.15) is 113 Å². The molecule has 2 fully saturated rings. The molecule has 0 saturated carbocycles. The molecular formula is C70H108FN23O22S. The highest BCUT2D eigenvalue weighted by atomic mass is 32.2. The van der Waals surface area contributed by atoms with E-state index in [0.29, 0.717) is 60.5 Å². The Morgan fingerprint density at radius 2 is 1.03 bits per heavy atom. The highest BCUT2D eigenvalue weighted by Gasteiger charge is 2.44. The lowest BCUT2D eigenvalue weighted by Gasteiger charge is -2.17. The summed E-state index contributed by atoms with van der Waals surface area (Å²) in [4.78, 5) is 110. The van der Waals surface area contributed by atoms with Gasteiger partial charge < -0.3 is 100 Å². The van der Waals surface area contributed by atoms with Crippen LogP contribution in [0.25, 0.3) is 33.5 Å². The van der Waals surface area contributed by atoms with Crippen LogP contribution in [0.2, 0.25) is 0 Å². The van der Waals surface area contributed by atoms with E-state index in [4.69, 9.17) is 79.8 Å². The first kappa shape index (κ1) is 94.5. The number of fused-ring (bicyclic) bond motifs is 3. The number of nitrogens with two attached hydrogens (primary N) is 4. The van der Waals surface area contributed by atoms with E-state index in [0.717, 1.165) is 10.8 Å². The van der Waals surface area contributed by atoms with Gasteiger partial charge in [-0.05, 0) is 103 Å². The molecule has 9 aromatic rings. The van der Waals surface area contributed by atoms with Gasteiger partial charge in [-0.25, -0.2) is 38.6 Å². The van der Waals surface area contributed by atoms with Crippen LogP contribution in [0.15, 0.2) is 78.6 Å². The van der Waals surface area contributed by atoms with Gasteiger partial charge in [0.1, 0.15) is 80.6 Å². The van der Waals surface area contributed by atoms with E-state index in [1.807, 2.05) is 89.2 Å². The van der Waals surface area contributed by atoms with Crippen molar-refractivity contribution in [3.05, 3.63) is 129 Å². The van der Waals surface area contributed by atoms with Gasteiger partial charge in [-0.2, -0.15) is 25.0 Å². The molecule has 10 atom stereocenters. The van der Waals surface area contributed by atoms with Gasteiger partial charge in [0.05, 0.1) is 121 Å². The first-order chi connectivity index (χ1) is 55.5. The topological polar surface area (TPSA) is 607 Å². The van der Waals surface area contributed by atoms with Crippen LogP contribution < -0.4 is 56.6 Å². The molecule has 0 aromatic carbocycles. The van der Waals surface area contributed by atoms with Crippen molar-refractivity contribution in [3.63, 3.8) is 0 Å². The molecule has 0 amide bonds. The lowest BCUT2D eigenvalue weighted by molar-refractivity contribution is -0.0803. The van der Waals surface area contributed by atoms with E-state index in [2.05, 4.69) is 64.9 Å². The van der Waals surface area contributed by atoms with Crippen LogP contribution in [-0.4, -0.2) is 257 Å². The van der Waals surface area contributed by atoms with E-state index < -0.39 is 83.3 Å². The lowest BCUT2D eigenvalue weighted by atomic mass is 10.1. The Bertz CT molecular complexity index is 4850. The summed E-state index contributed by atoms with van der Waals surface area (Å²) in [6.45, 7) is 29.2. The largest absolute Gasteiger partial charge is 0.394 e. The molecule has 0 aliphatic carbocycles. The van der Waals surface area contributed by atoms with Crippen molar-refractivity contribution in [2.45, 2.75) is 214 Å². The minimum atomic E-state index is -1.04. The summed E-state index contributed by atoms with van der Waals surface area (Å²) in [6, 6.07) is 0. The molecule has 0 spiro atoms. The number of aliphatic hydroxyl groups is 4. The Morgan fingerprint density at radius 1 is 0.538 bits per heavy atom. The molecule has 45 nitrogen and oxygen atoms in total. The molecule has 2 saturated heterocycles. The zero-order valence-electron chi connectivity index (χ0n) is 67.5. The molecule has 648 valence electrons. The fourth-order valence-electron chi connectivity index (χ4n) is 10.3. The molecule has 117 heavy (non-hydrogen) atoms. The first-order valence-corrected chi connectivity index (χ1v) is 38.3. The smallest absolute Gasteiger partial charge is 0.351 e. The summed E-state index contributed by atoms with van der Waals surface area (Å²) >= 11 is 1.52. The molecule has 0 bridgehead atoms. The fourth-order valence-corrected chi connectivity index (χ4v) is 11.3. The zero-order chi connectivity index (χ0) is 85.9. The van der Waals surface area contributed by atoms with Crippen molar-refractivity contribution >= 4 is 68.9 Å². The van der Waals surface area contributed by atoms with Gasteiger partial charge in [-0.15, -0.1) is 11.8 Å². The Hall–Kier alpha value is -9.67. The SMILES string of the molecule is CC(C)OCC(CO)OCn1cnc2c(=O)[nH]c(N)nc21.CC(C)OCC(CO)OCn1cnc2c(=O)[nH]c(N)nc21.CC(C)OCCOCn1cnc2c(=O)[nH]c(N)nc21.CC(C)OC[C@@H]1OC(n2cc(F)c(N)nc2=O)CS1.Cc1cn(C2C=C[C@@H](COC(C)C)O2)c(=O)[nH]c1=O.Cc1ncn([C@@H]2O[C@H](COC(C)C)[C@@H](O)[C@H]2O)n1. The summed E-state index contributed by atoms with van der Waals surface area (Å²) in [6.07, 6.45) is 7.14. The van der Waals surface area contributed by atoms with Gasteiger partial charge in [0, 0.05) is 17.5 Å². The van der Waals surface area contributed by atoms with E-state index in [1.54, 1.807) is 33.6 Å². The number of H-pyrrole nitrogens is 4. The highest BCUT2D eigenvalue weighted by Crippen LogP contribution is 2.32. The molecule has 12 rings (SSSR count). The number of aromatic amines is 4. The van der Waals surface area contributed by atoms with Gasteiger partial charge in [-0.3, -0.25) is 61.9 Å². The number of aliphatic hydroxyl groups excluding tert-OH is 4. The Labute approximate surface area is 672 Å². The molecule has 3 aliphatic rings. The number of halogens is 1. The van der Waals surface area contributed by atoms with Crippen molar-refractivity contribution in [2.24, 2.45) is 0 Å². The van der Waals surface area contributed by atoms with E-state index >= 15 is 0 Å². The van der Waals surface area contributed by atoms with Crippen LogP contribution in [0.4, 0.5) is 28.1 Å². The zero-order valence-corrected chi connectivity index (χ0v) is 68.3. The number of hydrogen-bond acceptors (Lipinski definition) is 36. The second-order valence-electron chi connectivity index (χ2n) is 27.8. The van der Waals surface area contributed by atoms with Gasteiger partial charge in [-0.1, -0.05) is 6.08 Å². The van der Waals surface area contributed by atoms with Crippen molar-refractivity contribution in [2.75, 3.05) is 88.1 Å². The number of rotatable bonds is 32. The monoisotopic (exact) mass is 1670 g/mol. The minimum Gasteiger partial charge on any atom is -0.394 e. The van der Waals surface area contributed by atoms with E-state index in [9.17, 15) is 53.6 Å². The maximum Gasteiger partial charge on any atom is 0.351 e. The number of thioether (sulfide) groups is 1. The summed E-state index contributed by atoms with van der Waals surface area (Å²) in [7, 11) is 0. The number of hydrogen-bond donors (Lipinski definition) is 12. The Morgan fingerprint density at radius 3 is 1.50 bits per heavy atom. The number of anilines is 4. The predicted octanol–water partition coefficient (Wildman–Crippen LogP) is 0.357. The van der Waals surface area contributed by atoms with Crippen molar-refractivity contribution in [1.82, 2.24) is 92.4 Å². The summed E-state index contributed by atoms with van der Waals surface area (Å²) < 4.78 is 87.7. The Kier molecular flexibility index (Phi) is 37.1. The maximum atomic E-state index is 13.3. The Balaban J connectivity index is 0.000000194. The van der Waals surface area contributed by atoms with Crippen molar-refractivity contribution in [3.8, 4) is 0 Å². The number of nitrogens with zero attached hydrogens (tertiary/aromatic N) is 15. The summed E-state index contributed by atoms with van der Waals surface area (Å²) in [5, 5.41) is 42.4. The van der Waals surface area contributed by atoms with Crippen molar-refractivity contribution in [1.29, 1.82) is 0 Å².